The average molecular weight is 587 g/mol. The van der Waals surface area contributed by atoms with Gasteiger partial charge in [-0.05, 0) is 35.9 Å². The Bertz CT molecular complexity index is 1570. The molecule has 0 spiro atoms. The van der Waals surface area contributed by atoms with Gasteiger partial charge in [0.05, 0.1) is 29.0 Å². The topological polar surface area (TPSA) is 118 Å². The number of pyridine rings is 1. The van der Waals surface area contributed by atoms with Gasteiger partial charge in [0.2, 0.25) is 0 Å². The number of fused-ring (bicyclic) bond motifs is 1. The number of anilines is 2. The molecule has 1 fully saturated rings. The van der Waals surface area contributed by atoms with Crippen LogP contribution in [0.3, 0.4) is 0 Å². The second kappa shape index (κ2) is 12.1. The van der Waals surface area contributed by atoms with E-state index in [4.69, 9.17) is 9.47 Å². The molecule has 0 saturated carbocycles. The first-order chi connectivity index (χ1) is 19.7. The number of halogens is 3. The van der Waals surface area contributed by atoms with Crippen LogP contribution in [-0.4, -0.2) is 60.2 Å². The van der Waals surface area contributed by atoms with E-state index in [1.54, 1.807) is 24.3 Å². The van der Waals surface area contributed by atoms with Gasteiger partial charge in [-0.2, -0.15) is 13.2 Å². The van der Waals surface area contributed by atoms with E-state index in [1.807, 2.05) is 4.90 Å². The Morgan fingerprint density at radius 1 is 1.05 bits per heavy atom. The quantitative estimate of drug-likeness (QED) is 0.268. The highest BCUT2D eigenvalue weighted by Crippen LogP contribution is 2.35. The molecule has 1 saturated heterocycles. The number of urea groups is 1. The van der Waals surface area contributed by atoms with E-state index < -0.39 is 17.8 Å². The lowest BCUT2D eigenvalue weighted by Crippen LogP contribution is -2.36. The lowest BCUT2D eigenvalue weighted by Gasteiger charge is -2.27. The molecule has 3 N–H and O–H groups in total. The number of nitrogens with one attached hydrogen (secondary N) is 3. The van der Waals surface area contributed by atoms with Gasteiger partial charge in [0.15, 0.2) is 5.13 Å². The van der Waals surface area contributed by atoms with Crippen molar-refractivity contribution in [3.05, 3.63) is 71.5 Å². The molecule has 2 aromatic carbocycles. The zero-order valence-corrected chi connectivity index (χ0v) is 22.6. The van der Waals surface area contributed by atoms with Crippen LogP contribution in [0.4, 0.5) is 28.8 Å². The number of benzene rings is 2. The normalized spacial score (nSPS) is 14.0. The molecule has 1 aliphatic rings. The van der Waals surface area contributed by atoms with Gasteiger partial charge in [-0.3, -0.25) is 20.0 Å². The summed E-state index contributed by atoms with van der Waals surface area (Å²) in [5.41, 5.74) is 0.128. The molecule has 4 aromatic rings. The molecule has 0 aliphatic carbocycles. The van der Waals surface area contributed by atoms with Crippen LogP contribution < -0.4 is 20.7 Å². The Labute approximate surface area is 236 Å². The molecular weight excluding hydrogens is 561 g/mol. The highest BCUT2D eigenvalue weighted by Gasteiger charge is 2.34. The van der Waals surface area contributed by atoms with Crippen LogP contribution in [0.15, 0.2) is 54.7 Å². The minimum Gasteiger partial charge on any atom is -0.457 e. The number of hydrogen-bond acceptors (Lipinski definition) is 8. The number of alkyl halides is 3. The van der Waals surface area contributed by atoms with Crippen molar-refractivity contribution >= 4 is 44.3 Å². The van der Waals surface area contributed by atoms with E-state index in [9.17, 15) is 22.8 Å². The van der Waals surface area contributed by atoms with E-state index in [0.29, 0.717) is 48.0 Å². The molecule has 14 heteroatoms. The van der Waals surface area contributed by atoms with E-state index in [2.05, 4.69) is 25.9 Å². The summed E-state index contributed by atoms with van der Waals surface area (Å²) in [4.78, 5) is 34.7. The molecule has 0 bridgehead atoms. The third kappa shape index (κ3) is 7.09. The number of ether oxygens (including phenoxy) is 2. The molecule has 10 nitrogen and oxygen atoms in total. The van der Waals surface area contributed by atoms with Gasteiger partial charge in [-0.1, -0.05) is 17.4 Å². The maximum absolute atomic E-state index is 13.8. The summed E-state index contributed by atoms with van der Waals surface area (Å²) in [5.74, 6) is 0.540. The van der Waals surface area contributed by atoms with E-state index in [-0.39, 0.29) is 34.5 Å². The number of nitrogens with zero attached hydrogens (tertiary/aromatic N) is 3. The molecule has 0 radical (unpaired) electrons. The van der Waals surface area contributed by atoms with Crippen molar-refractivity contribution in [1.29, 1.82) is 0 Å². The van der Waals surface area contributed by atoms with E-state index >= 15 is 0 Å². The third-order valence-corrected chi connectivity index (χ3v) is 7.11. The highest BCUT2D eigenvalue weighted by molar-refractivity contribution is 7.22. The average Bonchev–Trinajstić information content (AvgIpc) is 3.35. The maximum Gasteiger partial charge on any atom is 0.416 e. The summed E-state index contributed by atoms with van der Waals surface area (Å²) in [7, 11) is 1.50. The number of carbonyl (C=O) groups is 2. The monoisotopic (exact) mass is 586 g/mol. The predicted octanol–water partition coefficient (Wildman–Crippen LogP) is 5.34. The van der Waals surface area contributed by atoms with Crippen LogP contribution in [0.2, 0.25) is 0 Å². The Kier molecular flexibility index (Phi) is 8.33. The number of rotatable bonds is 7. The standard InChI is InChI=1S/C27H25F3N6O4S/c1-31-24(37)22-13-19(6-7-32-22)40-18-4-5-21-23(14-18)41-26(34-21)35-25(38)33-17-3-2-16(20(12-17)27(28,29)30)15-36-8-10-39-11-9-36/h2-7,12-14H,8-11,15H2,1H3,(H,31,37)(H2,33,34,35,38). The van der Waals surface area contributed by atoms with Crippen molar-refractivity contribution < 1.29 is 32.2 Å². The number of carbonyl (C=O) groups excluding carboxylic acids is 2. The van der Waals surface area contributed by atoms with Crippen LogP contribution in [0.1, 0.15) is 21.6 Å². The van der Waals surface area contributed by atoms with Crippen LogP contribution >= 0.6 is 11.3 Å². The Balaban J connectivity index is 1.26. The molecule has 214 valence electrons. The lowest BCUT2D eigenvalue weighted by atomic mass is 10.0. The summed E-state index contributed by atoms with van der Waals surface area (Å²) in [6.45, 7) is 2.20. The zero-order chi connectivity index (χ0) is 29.0. The van der Waals surface area contributed by atoms with E-state index in [0.717, 1.165) is 6.07 Å². The second-order valence-corrected chi connectivity index (χ2v) is 10.1. The zero-order valence-electron chi connectivity index (χ0n) is 21.7. The fourth-order valence-corrected chi connectivity index (χ4v) is 5.09. The van der Waals surface area contributed by atoms with Crippen molar-refractivity contribution in [2.24, 2.45) is 0 Å². The van der Waals surface area contributed by atoms with Gasteiger partial charge in [0.1, 0.15) is 17.2 Å². The highest BCUT2D eigenvalue weighted by atomic mass is 32.1. The fraction of sp³-hybridized carbons (Fsp3) is 0.259. The third-order valence-electron chi connectivity index (χ3n) is 6.18. The van der Waals surface area contributed by atoms with Crippen LogP contribution in [-0.2, 0) is 17.5 Å². The number of aromatic nitrogens is 2. The fourth-order valence-electron chi connectivity index (χ4n) is 4.20. The van der Waals surface area contributed by atoms with Crippen molar-refractivity contribution in [3.8, 4) is 11.5 Å². The Morgan fingerprint density at radius 2 is 1.83 bits per heavy atom. The van der Waals surface area contributed by atoms with Gasteiger partial charge in [-0.15, -0.1) is 0 Å². The summed E-state index contributed by atoms with van der Waals surface area (Å²) in [6.07, 6.45) is -3.12. The SMILES string of the molecule is CNC(=O)c1cc(Oc2ccc3nc(NC(=O)Nc4ccc(CN5CCOCC5)c(C(F)(F)F)c4)sc3c2)ccn1. The van der Waals surface area contributed by atoms with Gasteiger partial charge in [-0.25, -0.2) is 9.78 Å². The smallest absolute Gasteiger partial charge is 0.416 e. The molecule has 5 rings (SSSR count). The van der Waals surface area contributed by atoms with Crippen molar-refractivity contribution in [3.63, 3.8) is 0 Å². The molecule has 41 heavy (non-hydrogen) atoms. The molecule has 3 amide bonds. The lowest BCUT2D eigenvalue weighted by molar-refractivity contribution is -0.138. The molecule has 3 heterocycles. The minimum atomic E-state index is -4.58. The minimum absolute atomic E-state index is 0.00539. The molecular formula is C27H25F3N6O4S. The first-order valence-corrected chi connectivity index (χ1v) is 13.3. The first-order valence-electron chi connectivity index (χ1n) is 12.5. The number of morpholine rings is 1. The van der Waals surface area contributed by atoms with Crippen LogP contribution in [0.25, 0.3) is 10.2 Å². The first kappa shape index (κ1) is 28.3. The van der Waals surface area contributed by atoms with Gasteiger partial charge in [0, 0.05) is 50.7 Å². The predicted molar refractivity (Wildman–Crippen MR) is 148 cm³/mol. The van der Waals surface area contributed by atoms with Gasteiger partial charge >= 0.3 is 12.2 Å². The second-order valence-electron chi connectivity index (χ2n) is 9.04. The van der Waals surface area contributed by atoms with Crippen molar-refractivity contribution in [2.45, 2.75) is 12.7 Å². The van der Waals surface area contributed by atoms with Crippen LogP contribution in [0.5, 0.6) is 11.5 Å². The number of hydrogen-bond donors (Lipinski definition) is 3. The number of thiazole rings is 1. The molecule has 0 unspecified atom stereocenters. The number of amides is 3. The van der Waals surface area contributed by atoms with Crippen molar-refractivity contribution in [2.75, 3.05) is 44.0 Å². The summed E-state index contributed by atoms with van der Waals surface area (Å²) in [6, 6.07) is 11.3. The summed E-state index contributed by atoms with van der Waals surface area (Å²) < 4.78 is 53.3. The van der Waals surface area contributed by atoms with Gasteiger partial charge in [0.25, 0.3) is 5.91 Å². The van der Waals surface area contributed by atoms with Crippen molar-refractivity contribution in [1.82, 2.24) is 20.2 Å². The maximum atomic E-state index is 13.8. The largest absolute Gasteiger partial charge is 0.457 e. The molecule has 0 atom stereocenters. The Hall–Kier alpha value is -4.27. The molecule has 2 aromatic heterocycles. The van der Waals surface area contributed by atoms with E-state index in [1.165, 1.54) is 42.8 Å². The van der Waals surface area contributed by atoms with Crippen LogP contribution in [0, 0.1) is 0 Å². The summed E-state index contributed by atoms with van der Waals surface area (Å²) in [5, 5.41) is 7.78. The Morgan fingerprint density at radius 3 is 2.59 bits per heavy atom. The van der Waals surface area contributed by atoms with Gasteiger partial charge < -0.3 is 20.1 Å². The molecule has 1 aliphatic heterocycles. The summed E-state index contributed by atoms with van der Waals surface area (Å²) >= 11 is 1.17.